The minimum absolute atomic E-state index is 0.0203. The molecule has 5 nitrogen and oxygen atoms in total. The van der Waals surface area contributed by atoms with E-state index in [1.807, 2.05) is 6.92 Å². The lowest BCUT2D eigenvalue weighted by Gasteiger charge is -2.38. The molecule has 1 aliphatic heterocycles. The molecule has 1 saturated heterocycles. The highest BCUT2D eigenvalue weighted by atomic mass is 16.2. The van der Waals surface area contributed by atoms with E-state index in [9.17, 15) is 9.59 Å². The van der Waals surface area contributed by atoms with E-state index < -0.39 is 5.91 Å². The van der Waals surface area contributed by atoms with Crippen LogP contribution in [0.5, 0.6) is 0 Å². The van der Waals surface area contributed by atoms with Gasteiger partial charge in [0.05, 0.1) is 6.04 Å². The van der Waals surface area contributed by atoms with Gasteiger partial charge in [0.2, 0.25) is 11.8 Å². The van der Waals surface area contributed by atoms with Crippen LogP contribution in [0.3, 0.4) is 0 Å². The third-order valence-electron chi connectivity index (χ3n) is 4.26. The van der Waals surface area contributed by atoms with Crippen LogP contribution >= 0.6 is 0 Å². The van der Waals surface area contributed by atoms with E-state index in [1.165, 1.54) is 6.42 Å². The highest BCUT2D eigenvalue weighted by Crippen LogP contribution is 2.23. The van der Waals surface area contributed by atoms with E-state index in [0.29, 0.717) is 23.1 Å². The SMILES string of the molecule is C[C@@H]1C[C@@H](C)CN([C@H](C)C(=O)Nc2ccc(C(N)=O)cc2)C1. The average Bonchev–Trinajstić information content (AvgIpc) is 2.46. The highest BCUT2D eigenvalue weighted by Gasteiger charge is 2.28. The number of nitrogens with one attached hydrogen (secondary N) is 1. The smallest absolute Gasteiger partial charge is 0.248 e. The molecular weight excluding hydrogens is 278 g/mol. The van der Waals surface area contributed by atoms with Crippen LogP contribution in [0.15, 0.2) is 24.3 Å². The number of primary amides is 1. The molecule has 22 heavy (non-hydrogen) atoms. The number of likely N-dealkylation sites (tertiary alicyclic amines) is 1. The Morgan fingerprint density at radius 1 is 1.18 bits per heavy atom. The standard InChI is InChI=1S/C17H25N3O2/c1-11-8-12(2)10-20(9-11)13(3)17(22)19-15-6-4-14(5-7-15)16(18)21/h4-7,11-13H,8-10H2,1-3H3,(H2,18,21)(H,19,22)/t11-,12-,13-/m1/s1. The maximum Gasteiger partial charge on any atom is 0.248 e. The number of nitrogens with two attached hydrogens (primary N) is 1. The Kier molecular flexibility index (Phi) is 5.19. The van der Waals surface area contributed by atoms with Gasteiger partial charge < -0.3 is 11.1 Å². The molecule has 0 aliphatic carbocycles. The molecule has 2 amide bonds. The molecule has 0 unspecified atom stereocenters. The number of carbonyl (C=O) groups is 2. The molecule has 1 aromatic carbocycles. The lowest BCUT2D eigenvalue weighted by molar-refractivity contribution is -0.121. The van der Waals surface area contributed by atoms with Crippen molar-refractivity contribution in [1.82, 2.24) is 4.90 Å². The van der Waals surface area contributed by atoms with Crippen molar-refractivity contribution in [1.29, 1.82) is 0 Å². The third-order valence-corrected chi connectivity index (χ3v) is 4.26. The van der Waals surface area contributed by atoms with Gasteiger partial charge in [-0.05, 0) is 49.4 Å². The summed E-state index contributed by atoms with van der Waals surface area (Å²) >= 11 is 0. The summed E-state index contributed by atoms with van der Waals surface area (Å²) in [6.45, 7) is 8.32. The Balaban J connectivity index is 1.97. The lowest BCUT2D eigenvalue weighted by Crippen LogP contribution is -2.48. The molecule has 120 valence electrons. The van der Waals surface area contributed by atoms with Crippen LogP contribution in [0, 0.1) is 11.8 Å². The predicted octanol–water partition coefficient (Wildman–Crippen LogP) is 2.09. The van der Waals surface area contributed by atoms with Crippen molar-refractivity contribution in [2.45, 2.75) is 33.2 Å². The molecule has 0 bridgehead atoms. The Hall–Kier alpha value is -1.88. The molecule has 3 N–H and O–H groups in total. The largest absolute Gasteiger partial charge is 0.366 e. The van der Waals surface area contributed by atoms with E-state index in [0.717, 1.165) is 13.1 Å². The first-order chi connectivity index (χ1) is 10.4. The van der Waals surface area contributed by atoms with E-state index in [1.54, 1.807) is 24.3 Å². The molecule has 1 aromatic rings. The molecular formula is C17H25N3O2. The van der Waals surface area contributed by atoms with Crippen LogP contribution in [0.25, 0.3) is 0 Å². The number of anilines is 1. The summed E-state index contributed by atoms with van der Waals surface area (Å²) in [5.74, 6) is 0.748. The van der Waals surface area contributed by atoms with Gasteiger partial charge in [-0.25, -0.2) is 0 Å². The summed E-state index contributed by atoms with van der Waals surface area (Å²) in [5, 5.41) is 2.90. The van der Waals surface area contributed by atoms with Crippen molar-refractivity contribution in [3.05, 3.63) is 29.8 Å². The number of amides is 2. The quantitative estimate of drug-likeness (QED) is 0.894. The Labute approximate surface area is 131 Å². The minimum Gasteiger partial charge on any atom is -0.366 e. The van der Waals surface area contributed by atoms with Crippen molar-refractivity contribution in [3.8, 4) is 0 Å². The Morgan fingerprint density at radius 3 is 2.23 bits per heavy atom. The maximum absolute atomic E-state index is 12.4. The summed E-state index contributed by atoms with van der Waals surface area (Å²) in [4.78, 5) is 25.7. The number of hydrogen-bond donors (Lipinski definition) is 2. The first-order valence-corrected chi connectivity index (χ1v) is 7.81. The summed E-state index contributed by atoms with van der Waals surface area (Å²) < 4.78 is 0. The fraction of sp³-hybridized carbons (Fsp3) is 0.529. The zero-order valence-corrected chi connectivity index (χ0v) is 13.5. The van der Waals surface area contributed by atoms with Gasteiger partial charge in [0.25, 0.3) is 0 Å². The molecule has 1 fully saturated rings. The van der Waals surface area contributed by atoms with Crippen LogP contribution in [0.2, 0.25) is 0 Å². The van der Waals surface area contributed by atoms with Crippen molar-refractivity contribution in [2.75, 3.05) is 18.4 Å². The summed E-state index contributed by atoms with van der Waals surface area (Å²) in [5.41, 5.74) is 6.32. The number of carbonyl (C=O) groups excluding carboxylic acids is 2. The molecule has 1 aliphatic rings. The minimum atomic E-state index is -0.470. The number of hydrogen-bond acceptors (Lipinski definition) is 3. The topological polar surface area (TPSA) is 75.4 Å². The second-order valence-corrected chi connectivity index (χ2v) is 6.51. The van der Waals surface area contributed by atoms with Crippen molar-refractivity contribution < 1.29 is 9.59 Å². The third kappa shape index (κ3) is 4.07. The second kappa shape index (κ2) is 6.92. The molecule has 0 spiro atoms. The molecule has 0 aromatic heterocycles. The first kappa shape index (κ1) is 16.5. The number of rotatable bonds is 4. The van der Waals surface area contributed by atoms with Gasteiger partial charge in [-0.15, -0.1) is 0 Å². The Bertz CT molecular complexity index is 531. The molecule has 0 saturated carbocycles. The van der Waals surface area contributed by atoms with E-state index in [4.69, 9.17) is 5.73 Å². The average molecular weight is 303 g/mol. The van der Waals surface area contributed by atoms with Gasteiger partial charge in [-0.3, -0.25) is 14.5 Å². The predicted molar refractivity (Wildman–Crippen MR) is 87.6 cm³/mol. The first-order valence-electron chi connectivity index (χ1n) is 7.81. The van der Waals surface area contributed by atoms with E-state index >= 15 is 0 Å². The van der Waals surface area contributed by atoms with Crippen LogP contribution < -0.4 is 11.1 Å². The van der Waals surface area contributed by atoms with Crippen LogP contribution in [-0.4, -0.2) is 35.8 Å². The molecule has 5 heteroatoms. The van der Waals surface area contributed by atoms with E-state index in [2.05, 4.69) is 24.1 Å². The maximum atomic E-state index is 12.4. The van der Waals surface area contributed by atoms with Crippen LogP contribution in [-0.2, 0) is 4.79 Å². The van der Waals surface area contributed by atoms with Crippen LogP contribution in [0.1, 0.15) is 37.6 Å². The number of benzene rings is 1. The normalized spacial score (nSPS) is 23.8. The van der Waals surface area contributed by atoms with Crippen molar-refractivity contribution >= 4 is 17.5 Å². The summed E-state index contributed by atoms with van der Waals surface area (Å²) in [6, 6.07) is 6.47. The van der Waals surface area contributed by atoms with Gasteiger partial charge in [0, 0.05) is 24.3 Å². The van der Waals surface area contributed by atoms with Gasteiger partial charge in [0.15, 0.2) is 0 Å². The lowest BCUT2D eigenvalue weighted by atomic mass is 9.91. The van der Waals surface area contributed by atoms with Gasteiger partial charge >= 0.3 is 0 Å². The van der Waals surface area contributed by atoms with Crippen molar-refractivity contribution in [3.63, 3.8) is 0 Å². The van der Waals surface area contributed by atoms with Gasteiger partial charge in [-0.1, -0.05) is 13.8 Å². The van der Waals surface area contributed by atoms with E-state index in [-0.39, 0.29) is 11.9 Å². The van der Waals surface area contributed by atoms with Crippen molar-refractivity contribution in [2.24, 2.45) is 17.6 Å². The Morgan fingerprint density at radius 2 is 1.73 bits per heavy atom. The number of nitrogens with zero attached hydrogens (tertiary/aromatic N) is 1. The zero-order valence-electron chi connectivity index (χ0n) is 13.5. The summed E-state index contributed by atoms with van der Waals surface area (Å²) in [7, 11) is 0. The van der Waals surface area contributed by atoms with Gasteiger partial charge in [-0.2, -0.15) is 0 Å². The zero-order chi connectivity index (χ0) is 16.3. The molecule has 2 rings (SSSR count). The number of piperidine rings is 1. The van der Waals surface area contributed by atoms with Gasteiger partial charge in [0.1, 0.15) is 0 Å². The molecule has 1 heterocycles. The fourth-order valence-corrected chi connectivity index (χ4v) is 3.16. The molecule has 3 atom stereocenters. The second-order valence-electron chi connectivity index (χ2n) is 6.51. The highest BCUT2D eigenvalue weighted by molar-refractivity contribution is 5.96. The monoisotopic (exact) mass is 303 g/mol. The fourth-order valence-electron chi connectivity index (χ4n) is 3.16. The molecule has 0 radical (unpaired) electrons. The summed E-state index contributed by atoms with van der Waals surface area (Å²) in [6.07, 6.45) is 1.22. The van der Waals surface area contributed by atoms with Crippen LogP contribution in [0.4, 0.5) is 5.69 Å².